The maximum absolute atomic E-state index is 2.32. The summed E-state index contributed by atoms with van der Waals surface area (Å²) in [6.45, 7) is 2.32. The van der Waals surface area contributed by atoms with Crippen molar-refractivity contribution < 1.29 is 0 Å². The van der Waals surface area contributed by atoms with Crippen molar-refractivity contribution in [3.63, 3.8) is 0 Å². The molecule has 1 fully saturated rings. The van der Waals surface area contributed by atoms with Crippen molar-refractivity contribution in [1.29, 1.82) is 0 Å². The highest BCUT2D eigenvalue weighted by molar-refractivity contribution is 4.66. The van der Waals surface area contributed by atoms with Crippen molar-refractivity contribution in [2.75, 3.05) is 0 Å². The molecule has 0 N–H and O–H groups in total. The van der Waals surface area contributed by atoms with Gasteiger partial charge in [-0.3, -0.25) is 0 Å². The van der Waals surface area contributed by atoms with E-state index < -0.39 is 0 Å². The van der Waals surface area contributed by atoms with Crippen molar-refractivity contribution >= 4 is 0 Å². The molecule has 1 saturated carbocycles. The van der Waals surface area contributed by atoms with E-state index >= 15 is 0 Å². The zero-order valence-electron chi connectivity index (χ0n) is 60.3. The summed E-state index contributed by atoms with van der Waals surface area (Å²) in [6, 6.07) is 0. The Morgan fingerprint density at radius 1 is 0.129 bits per heavy atom. The van der Waals surface area contributed by atoms with Gasteiger partial charge < -0.3 is 0 Å². The van der Waals surface area contributed by atoms with Crippen LogP contribution in [0.5, 0.6) is 0 Å². The van der Waals surface area contributed by atoms with Crippen molar-refractivity contribution in [3.05, 3.63) is 0 Å². The van der Waals surface area contributed by atoms with E-state index in [9.17, 15) is 0 Å². The van der Waals surface area contributed by atoms with E-state index in [0.29, 0.717) is 0 Å². The molecule has 0 aromatic heterocycles. The minimum absolute atomic E-state index is 1.10. The third-order valence-corrected chi connectivity index (χ3v) is 21.4. The van der Waals surface area contributed by atoms with Crippen molar-refractivity contribution in [3.8, 4) is 0 Å². The Bertz CT molecular complexity index is 1100. The van der Waals surface area contributed by atoms with Crippen molar-refractivity contribution in [2.24, 2.45) is 5.92 Å². The molecular formula is C85H170. The summed E-state index contributed by atoms with van der Waals surface area (Å²) in [7, 11) is 0. The van der Waals surface area contributed by atoms with Crippen LogP contribution < -0.4 is 0 Å². The van der Waals surface area contributed by atoms with E-state index in [1.165, 1.54) is 514 Å². The summed E-state index contributed by atoms with van der Waals surface area (Å²) < 4.78 is 0. The molecule has 0 aromatic carbocycles. The fourth-order valence-corrected chi connectivity index (χ4v) is 15.2. The average Bonchev–Trinajstić information content (AvgIpc) is 3.52. The molecule has 0 heteroatoms. The van der Waals surface area contributed by atoms with Gasteiger partial charge in [-0.25, -0.2) is 0 Å². The predicted molar refractivity (Wildman–Crippen MR) is 392 cm³/mol. The number of rotatable bonds is 78. The van der Waals surface area contributed by atoms with Gasteiger partial charge in [0.2, 0.25) is 0 Å². The first kappa shape index (κ1) is 83.0. The maximum Gasteiger partial charge on any atom is -0.0414 e. The lowest BCUT2D eigenvalue weighted by atomic mass is 9.85. The van der Waals surface area contributed by atoms with Gasteiger partial charge in [-0.15, -0.1) is 0 Å². The first-order valence-electron chi connectivity index (χ1n) is 42.4. The minimum Gasteiger partial charge on any atom is -0.0654 e. The monoisotopic (exact) mass is 1190 g/mol. The van der Waals surface area contributed by atoms with E-state index in [0.717, 1.165) is 5.92 Å². The molecule has 0 unspecified atom stereocenters. The Labute approximate surface area is 542 Å². The van der Waals surface area contributed by atoms with Crippen LogP contribution in [0.1, 0.15) is 540 Å². The van der Waals surface area contributed by atoms with E-state index in [2.05, 4.69) is 6.92 Å². The molecule has 0 aromatic rings. The molecule has 0 nitrogen and oxygen atoms in total. The van der Waals surface area contributed by atoms with Crippen LogP contribution in [0.4, 0.5) is 0 Å². The van der Waals surface area contributed by atoms with Crippen LogP contribution >= 0.6 is 0 Å². The molecule has 85 heavy (non-hydrogen) atoms. The third kappa shape index (κ3) is 74.6. The second-order valence-corrected chi connectivity index (χ2v) is 30.2. The normalized spacial score (nSPS) is 13.1. The summed E-state index contributed by atoms with van der Waals surface area (Å²) >= 11 is 0. The Kier molecular flexibility index (Phi) is 76.4. The van der Waals surface area contributed by atoms with Crippen LogP contribution in [0.15, 0.2) is 0 Å². The second kappa shape index (κ2) is 78.2. The van der Waals surface area contributed by atoms with Crippen molar-refractivity contribution in [1.82, 2.24) is 0 Å². The second-order valence-electron chi connectivity index (χ2n) is 30.2. The molecule has 0 spiro atoms. The molecule has 0 aliphatic heterocycles. The lowest BCUT2D eigenvalue weighted by Gasteiger charge is -2.21. The fourth-order valence-electron chi connectivity index (χ4n) is 15.2. The van der Waals surface area contributed by atoms with Gasteiger partial charge in [-0.2, -0.15) is 0 Å². The van der Waals surface area contributed by atoms with Gasteiger partial charge in [-0.1, -0.05) is 540 Å². The quantitative estimate of drug-likeness (QED) is 0.0533. The molecule has 0 heterocycles. The zero-order valence-corrected chi connectivity index (χ0v) is 60.3. The van der Waals surface area contributed by atoms with E-state index in [4.69, 9.17) is 0 Å². The first-order valence-corrected chi connectivity index (χ1v) is 42.4. The molecule has 1 rings (SSSR count). The zero-order chi connectivity index (χ0) is 60.3. The summed E-state index contributed by atoms with van der Waals surface area (Å²) in [5.74, 6) is 1.10. The lowest BCUT2D eigenvalue weighted by Crippen LogP contribution is -2.05. The maximum atomic E-state index is 2.32. The van der Waals surface area contributed by atoms with Crippen molar-refractivity contribution in [2.45, 2.75) is 540 Å². The molecule has 0 amide bonds. The van der Waals surface area contributed by atoms with E-state index in [-0.39, 0.29) is 0 Å². The standard InChI is InChI=1S/C85H170/c1-2-3-4-5-6-7-8-9-10-11-12-13-14-15-16-17-18-19-20-21-22-23-24-25-26-27-28-29-30-31-32-33-34-35-36-37-38-39-40-41-42-43-44-45-46-47-48-49-50-51-52-53-54-55-56-57-58-59-60-61-62-63-64-65-66-67-68-69-70-71-72-73-74-75-76-77-79-82-85-83-80-78-81-84-85/h85H,2-84H2,1H3. The van der Waals surface area contributed by atoms with Gasteiger partial charge in [0.25, 0.3) is 0 Å². The highest BCUT2D eigenvalue weighted by Crippen LogP contribution is 2.29. The lowest BCUT2D eigenvalue weighted by molar-refractivity contribution is 0.328. The van der Waals surface area contributed by atoms with Crippen LogP contribution in [-0.4, -0.2) is 0 Å². The summed E-state index contributed by atoms with van der Waals surface area (Å²) in [6.07, 6.45) is 124. The summed E-state index contributed by atoms with van der Waals surface area (Å²) in [4.78, 5) is 0. The van der Waals surface area contributed by atoms with E-state index in [1.54, 1.807) is 19.3 Å². The molecule has 0 radical (unpaired) electrons. The average molecular weight is 1190 g/mol. The SMILES string of the molecule is CCCCCCCCCCCCCCCCCCCCCCCCCCCCCCCCCCCCCCCCCCCCCCCCCCCCCCCCCCCCCCCCCCCCCCCCCCCCCCCC1CCCCC1. The predicted octanol–water partition coefficient (Wildman–Crippen LogP) is 33.0. The highest BCUT2D eigenvalue weighted by Gasteiger charge is 2.12. The molecule has 0 atom stereocenters. The molecule has 0 saturated heterocycles. The van der Waals surface area contributed by atoms with Crippen LogP contribution in [0.25, 0.3) is 0 Å². The molecule has 1 aliphatic carbocycles. The highest BCUT2D eigenvalue weighted by atomic mass is 14.2. The molecule has 510 valence electrons. The van der Waals surface area contributed by atoms with Crippen LogP contribution in [-0.2, 0) is 0 Å². The summed E-state index contributed by atoms with van der Waals surface area (Å²) in [5.41, 5.74) is 0. The Balaban J connectivity index is 1.58. The number of hydrogen-bond acceptors (Lipinski definition) is 0. The largest absolute Gasteiger partial charge is 0.0654 e. The topological polar surface area (TPSA) is 0 Å². The fraction of sp³-hybridized carbons (Fsp3) is 1.00. The Morgan fingerprint density at radius 2 is 0.235 bits per heavy atom. The van der Waals surface area contributed by atoms with E-state index in [1.807, 2.05) is 0 Å². The first-order chi connectivity index (χ1) is 42.4. The van der Waals surface area contributed by atoms with Crippen LogP contribution in [0, 0.1) is 5.92 Å². The smallest absolute Gasteiger partial charge is 0.0414 e. The summed E-state index contributed by atoms with van der Waals surface area (Å²) in [5, 5.41) is 0. The van der Waals surface area contributed by atoms with Gasteiger partial charge in [0.1, 0.15) is 0 Å². The molecular weight excluding hydrogens is 1020 g/mol. The molecule has 0 bridgehead atoms. The van der Waals surface area contributed by atoms with Crippen LogP contribution in [0.3, 0.4) is 0 Å². The third-order valence-electron chi connectivity index (χ3n) is 21.4. The van der Waals surface area contributed by atoms with Gasteiger partial charge in [-0.05, 0) is 5.92 Å². The number of hydrogen-bond donors (Lipinski definition) is 0. The minimum atomic E-state index is 1.10. The number of unbranched alkanes of at least 4 members (excludes halogenated alkanes) is 76. The Morgan fingerprint density at radius 3 is 0.353 bits per heavy atom. The van der Waals surface area contributed by atoms with Gasteiger partial charge >= 0.3 is 0 Å². The van der Waals surface area contributed by atoms with Gasteiger partial charge in [0.15, 0.2) is 0 Å². The van der Waals surface area contributed by atoms with Crippen LogP contribution in [0.2, 0.25) is 0 Å². The Hall–Kier alpha value is 0. The molecule has 1 aliphatic rings. The van der Waals surface area contributed by atoms with Gasteiger partial charge in [0.05, 0.1) is 0 Å². The van der Waals surface area contributed by atoms with Gasteiger partial charge in [0, 0.05) is 0 Å².